The number of hydrogen-bond donors (Lipinski definition) is 2. The van der Waals surface area contributed by atoms with Gasteiger partial charge in [0, 0.05) is 17.0 Å². The van der Waals surface area contributed by atoms with Gasteiger partial charge in [-0.2, -0.15) is 0 Å². The van der Waals surface area contributed by atoms with Crippen molar-refractivity contribution in [2.24, 2.45) is 0 Å². The van der Waals surface area contributed by atoms with Gasteiger partial charge in [-0.05, 0) is 48.5 Å². The number of hydrogen-bond acceptors (Lipinski definition) is 5. The van der Waals surface area contributed by atoms with Crippen LogP contribution in [0.15, 0.2) is 76.1 Å². The van der Waals surface area contributed by atoms with Gasteiger partial charge >= 0.3 is 5.97 Å². The standard InChI is InChI=1S/C23H14N2O4S2/c26-21-20(31-23(30)25(21)15-7-5-13(6-8-15)22(27)28)12-16-9-10-19(29-16)18-11-14-3-1-2-4-17(14)24-18/h1-12,24H,(H,27,28). The van der Waals surface area contributed by atoms with Crippen LogP contribution < -0.4 is 4.90 Å². The van der Waals surface area contributed by atoms with Crippen LogP contribution in [0.4, 0.5) is 5.69 Å². The SMILES string of the molecule is O=C(O)c1ccc(N2C(=O)C(=Cc3ccc(-c4cc5ccccc5[nH]4)o3)SC2=S)cc1. The van der Waals surface area contributed by atoms with Gasteiger partial charge in [0.05, 0.1) is 21.8 Å². The van der Waals surface area contributed by atoms with Crippen molar-refractivity contribution in [3.8, 4) is 11.5 Å². The number of rotatable bonds is 4. The fourth-order valence-electron chi connectivity index (χ4n) is 3.35. The van der Waals surface area contributed by atoms with E-state index in [1.54, 1.807) is 24.3 Å². The number of H-pyrrole nitrogens is 1. The third-order valence-corrected chi connectivity index (χ3v) is 6.16. The Hall–Kier alpha value is -3.62. The van der Waals surface area contributed by atoms with E-state index in [0.29, 0.717) is 26.4 Å². The van der Waals surface area contributed by atoms with Gasteiger partial charge in [0.25, 0.3) is 5.91 Å². The van der Waals surface area contributed by atoms with Gasteiger partial charge in [-0.15, -0.1) is 0 Å². The molecule has 0 aliphatic carbocycles. The monoisotopic (exact) mass is 446 g/mol. The minimum atomic E-state index is -1.03. The number of carbonyl (C=O) groups is 2. The van der Waals surface area contributed by atoms with E-state index in [1.807, 2.05) is 36.4 Å². The molecule has 1 aliphatic heterocycles. The Labute approximate surface area is 186 Å². The molecule has 2 aromatic heterocycles. The molecule has 1 saturated heterocycles. The first kappa shape index (κ1) is 19.3. The first-order valence-corrected chi connectivity index (χ1v) is 10.5. The molecule has 4 aromatic rings. The number of benzene rings is 2. The van der Waals surface area contributed by atoms with Crippen molar-refractivity contribution in [3.05, 3.63) is 83.0 Å². The first-order chi connectivity index (χ1) is 15.0. The minimum absolute atomic E-state index is 0.143. The maximum absolute atomic E-state index is 12.9. The number of thioether (sulfide) groups is 1. The summed E-state index contributed by atoms with van der Waals surface area (Å²) in [4.78, 5) is 29.1. The molecule has 1 fully saturated rings. The number of amides is 1. The predicted molar refractivity (Wildman–Crippen MR) is 125 cm³/mol. The third kappa shape index (κ3) is 3.56. The van der Waals surface area contributed by atoms with Gasteiger partial charge < -0.3 is 14.5 Å². The topological polar surface area (TPSA) is 86.5 Å². The van der Waals surface area contributed by atoms with Gasteiger partial charge in [0.1, 0.15) is 5.76 Å². The molecule has 31 heavy (non-hydrogen) atoms. The number of anilines is 1. The van der Waals surface area contributed by atoms with Crippen molar-refractivity contribution in [2.45, 2.75) is 0 Å². The Morgan fingerprint density at radius 1 is 1.10 bits per heavy atom. The van der Waals surface area contributed by atoms with Crippen LogP contribution >= 0.6 is 24.0 Å². The largest absolute Gasteiger partial charge is 0.478 e. The van der Waals surface area contributed by atoms with Gasteiger partial charge in [-0.3, -0.25) is 9.69 Å². The zero-order chi connectivity index (χ0) is 21.5. The van der Waals surface area contributed by atoms with E-state index >= 15 is 0 Å². The van der Waals surface area contributed by atoms with Crippen molar-refractivity contribution in [1.82, 2.24) is 4.98 Å². The molecule has 1 amide bonds. The van der Waals surface area contributed by atoms with Crippen LogP contribution in [-0.2, 0) is 4.79 Å². The van der Waals surface area contributed by atoms with Crippen molar-refractivity contribution in [3.63, 3.8) is 0 Å². The fraction of sp³-hybridized carbons (Fsp3) is 0. The maximum Gasteiger partial charge on any atom is 0.335 e. The summed E-state index contributed by atoms with van der Waals surface area (Å²) in [6.45, 7) is 0. The highest BCUT2D eigenvalue weighted by atomic mass is 32.2. The second-order valence-electron chi connectivity index (χ2n) is 6.84. The lowest BCUT2D eigenvalue weighted by Gasteiger charge is -2.14. The molecule has 2 N–H and O–H groups in total. The Morgan fingerprint density at radius 2 is 1.87 bits per heavy atom. The normalized spacial score (nSPS) is 15.4. The van der Waals surface area contributed by atoms with E-state index in [4.69, 9.17) is 21.7 Å². The van der Waals surface area contributed by atoms with E-state index in [9.17, 15) is 9.59 Å². The van der Waals surface area contributed by atoms with E-state index in [2.05, 4.69) is 4.98 Å². The lowest BCUT2D eigenvalue weighted by Crippen LogP contribution is -2.27. The zero-order valence-electron chi connectivity index (χ0n) is 15.9. The van der Waals surface area contributed by atoms with Crippen LogP contribution in [0.1, 0.15) is 16.1 Å². The number of thiocarbonyl (C=S) groups is 1. The number of fused-ring (bicyclic) bond motifs is 1. The quantitative estimate of drug-likeness (QED) is 0.317. The second kappa shape index (κ2) is 7.57. The molecule has 5 rings (SSSR count). The summed E-state index contributed by atoms with van der Waals surface area (Å²) in [6.07, 6.45) is 1.66. The van der Waals surface area contributed by atoms with E-state index in [-0.39, 0.29) is 11.5 Å². The molecule has 1 aliphatic rings. The highest BCUT2D eigenvalue weighted by Gasteiger charge is 2.33. The smallest absolute Gasteiger partial charge is 0.335 e. The zero-order valence-corrected chi connectivity index (χ0v) is 17.5. The van der Waals surface area contributed by atoms with Gasteiger partial charge in [-0.25, -0.2) is 4.79 Å². The summed E-state index contributed by atoms with van der Waals surface area (Å²) in [5, 5.41) is 10.1. The maximum atomic E-state index is 12.9. The number of aromatic carboxylic acids is 1. The van der Waals surface area contributed by atoms with Crippen molar-refractivity contribution in [2.75, 3.05) is 4.90 Å². The molecule has 6 nitrogen and oxygen atoms in total. The summed E-state index contributed by atoms with van der Waals surface area (Å²) < 4.78 is 6.30. The average molecular weight is 447 g/mol. The highest BCUT2D eigenvalue weighted by molar-refractivity contribution is 8.27. The lowest BCUT2D eigenvalue weighted by molar-refractivity contribution is -0.113. The van der Waals surface area contributed by atoms with Crippen LogP contribution in [-0.4, -0.2) is 26.3 Å². The summed E-state index contributed by atoms with van der Waals surface area (Å²) in [7, 11) is 0. The molecule has 152 valence electrons. The van der Waals surface area contributed by atoms with Crippen molar-refractivity contribution in [1.29, 1.82) is 0 Å². The van der Waals surface area contributed by atoms with Gasteiger partial charge in [-0.1, -0.05) is 42.2 Å². The highest BCUT2D eigenvalue weighted by Crippen LogP contribution is 2.37. The summed E-state index contributed by atoms with van der Waals surface area (Å²) in [5.41, 5.74) is 2.54. The minimum Gasteiger partial charge on any atom is -0.478 e. The van der Waals surface area contributed by atoms with Crippen LogP contribution in [0.25, 0.3) is 28.4 Å². The number of nitrogens with zero attached hydrogens (tertiary/aromatic N) is 1. The molecule has 3 heterocycles. The molecule has 0 bridgehead atoms. The number of carbonyl (C=O) groups excluding carboxylic acids is 1. The number of furan rings is 1. The Morgan fingerprint density at radius 3 is 2.61 bits per heavy atom. The summed E-state index contributed by atoms with van der Waals surface area (Å²) in [6, 6.07) is 19.6. The molecule has 0 spiro atoms. The fourth-order valence-corrected chi connectivity index (χ4v) is 4.63. The van der Waals surface area contributed by atoms with Crippen molar-refractivity contribution >= 4 is 62.8 Å². The number of carboxylic acids is 1. The molecule has 0 radical (unpaired) electrons. The number of para-hydroxylation sites is 1. The molecule has 2 aromatic carbocycles. The average Bonchev–Trinajstić information content (AvgIpc) is 3.46. The molecular weight excluding hydrogens is 432 g/mol. The Balaban J connectivity index is 1.40. The number of aromatic nitrogens is 1. The van der Waals surface area contributed by atoms with E-state index in [1.165, 1.54) is 28.8 Å². The predicted octanol–water partition coefficient (Wildman–Crippen LogP) is 5.53. The Kier molecular flexibility index (Phi) is 4.72. The third-order valence-electron chi connectivity index (χ3n) is 4.86. The van der Waals surface area contributed by atoms with Gasteiger partial charge in [0.15, 0.2) is 10.1 Å². The lowest BCUT2D eigenvalue weighted by atomic mass is 10.2. The Bertz CT molecular complexity index is 1350. The number of aromatic amines is 1. The van der Waals surface area contributed by atoms with Crippen LogP contribution in [0.3, 0.4) is 0 Å². The van der Waals surface area contributed by atoms with Crippen LogP contribution in [0.2, 0.25) is 0 Å². The first-order valence-electron chi connectivity index (χ1n) is 9.29. The van der Waals surface area contributed by atoms with E-state index < -0.39 is 5.97 Å². The summed E-state index contributed by atoms with van der Waals surface area (Å²) >= 11 is 6.55. The second-order valence-corrected chi connectivity index (χ2v) is 8.52. The van der Waals surface area contributed by atoms with Crippen molar-refractivity contribution < 1.29 is 19.1 Å². The molecule has 0 saturated carbocycles. The van der Waals surface area contributed by atoms with Crippen LogP contribution in [0.5, 0.6) is 0 Å². The molecular formula is C23H14N2O4S2. The van der Waals surface area contributed by atoms with Crippen LogP contribution in [0, 0.1) is 0 Å². The summed E-state index contributed by atoms with van der Waals surface area (Å²) in [5.74, 6) is -0.0976. The number of carboxylic acid groups (broad SMARTS) is 1. The van der Waals surface area contributed by atoms with Gasteiger partial charge in [0.2, 0.25) is 0 Å². The molecule has 0 unspecified atom stereocenters. The molecule has 8 heteroatoms. The molecule has 0 atom stereocenters. The van der Waals surface area contributed by atoms with E-state index in [0.717, 1.165) is 16.6 Å². The number of nitrogens with one attached hydrogen (secondary N) is 1.